The topological polar surface area (TPSA) is 142 Å². The van der Waals surface area contributed by atoms with Gasteiger partial charge in [-0.15, -0.1) is 0 Å². The van der Waals surface area contributed by atoms with E-state index in [-0.39, 0.29) is 6.61 Å². The first kappa shape index (κ1) is 17.9. The largest absolute Gasteiger partial charge is 0.388 e. The molecular weight excluding hydrogens is 342 g/mol. The third-order valence-electron chi connectivity index (χ3n) is 4.04. The number of hydrogen-bond acceptors (Lipinski definition) is 6. The van der Waals surface area contributed by atoms with Crippen LogP contribution in [0.15, 0.2) is 57.3 Å². The number of aromatic amines is 1. The van der Waals surface area contributed by atoms with Gasteiger partial charge in [-0.1, -0.05) is 35.4 Å². The summed E-state index contributed by atoms with van der Waals surface area (Å²) in [7, 11) is 0. The molecule has 26 heavy (non-hydrogen) atoms. The van der Waals surface area contributed by atoms with E-state index in [4.69, 9.17) is 15.0 Å². The minimum atomic E-state index is -1.26. The number of aromatic nitrogens is 2. The van der Waals surface area contributed by atoms with Gasteiger partial charge in [0.2, 0.25) is 0 Å². The van der Waals surface area contributed by atoms with Crippen molar-refractivity contribution in [3.05, 3.63) is 79.4 Å². The maximum Gasteiger partial charge on any atom is 0.330 e. The molecule has 1 saturated heterocycles. The van der Waals surface area contributed by atoms with Gasteiger partial charge in [-0.3, -0.25) is 14.3 Å². The normalized spacial score (nSPS) is 25.0. The average molecular weight is 359 g/mol. The van der Waals surface area contributed by atoms with Crippen LogP contribution in [0.5, 0.6) is 0 Å². The van der Waals surface area contributed by atoms with Crippen molar-refractivity contribution in [2.75, 3.05) is 6.61 Å². The number of H-pyrrole nitrogens is 1. The molecule has 2 N–H and O–H groups in total. The fraction of sp³-hybridized carbons (Fsp3) is 0.375. The molecule has 3 rings (SSSR count). The van der Waals surface area contributed by atoms with Crippen LogP contribution < -0.4 is 11.2 Å². The summed E-state index contributed by atoms with van der Waals surface area (Å²) in [5, 5.41) is 14.0. The quantitative estimate of drug-likeness (QED) is 0.443. The molecule has 10 heteroatoms. The van der Waals surface area contributed by atoms with Crippen molar-refractivity contribution in [2.24, 2.45) is 5.11 Å². The fourth-order valence-corrected chi connectivity index (χ4v) is 2.79. The molecule has 0 aliphatic carbocycles. The molecule has 10 nitrogen and oxygen atoms in total. The van der Waals surface area contributed by atoms with Crippen LogP contribution in [0.3, 0.4) is 0 Å². The van der Waals surface area contributed by atoms with Crippen molar-refractivity contribution in [1.29, 1.82) is 0 Å². The zero-order valence-electron chi connectivity index (χ0n) is 13.6. The van der Waals surface area contributed by atoms with Gasteiger partial charge in [0, 0.05) is 17.2 Å². The highest BCUT2D eigenvalue weighted by molar-refractivity contribution is 5.13. The Labute approximate surface area is 147 Å². The van der Waals surface area contributed by atoms with Gasteiger partial charge in [-0.25, -0.2) is 4.79 Å². The Hall–Kier alpha value is -2.91. The number of nitrogens with zero attached hydrogens (tertiary/aromatic N) is 4. The van der Waals surface area contributed by atoms with Gasteiger partial charge in [-0.2, -0.15) is 0 Å². The monoisotopic (exact) mass is 359 g/mol. The summed E-state index contributed by atoms with van der Waals surface area (Å²) in [5.74, 6) is 0. The molecule has 1 aliphatic rings. The second kappa shape index (κ2) is 7.98. The van der Waals surface area contributed by atoms with Gasteiger partial charge in [0.05, 0.1) is 25.4 Å². The zero-order chi connectivity index (χ0) is 18.5. The minimum Gasteiger partial charge on any atom is -0.388 e. The lowest BCUT2D eigenvalue weighted by molar-refractivity contribution is -0.0664. The Morgan fingerprint density at radius 3 is 2.77 bits per heavy atom. The number of nitrogens with one attached hydrogen (secondary N) is 1. The summed E-state index contributed by atoms with van der Waals surface area (Å²) in [6.07, 6.45) is -1.89. The molecule has 1 aromatic carbocycles. The predicted molar refractivity (Wildman–Crippen MR) is 90.3 cm³/mol. The average Bonchev–Trinajstić information content (AvgIpc) is 2.93. The molecule has 1 aliphatic heterocycles. The van der Waals surface area contributed by atoms with E-state index in [0.29, 0.717) is 6.61 Å². The minimum absolute atomic E-state index is 0.0598. The van der Waals surface area contributed by atoms with Gasteiger partial charge in [0.25, 0.3) is 5.56 Å². The lowest BCUT2D eigenvalue weighted by Crippen LogP contribution is -2.37. The molecule has 4 atom stereocenters. The van der Waals surface area contributed by atoms with E-state index in [1.165, 1.54) is 6.20 Å². The summed E-state index contributed by atoms with van der Waals surface area (Å²) in [6, 6.07) is 9.67. The van der Waals surface area contributed by atoms with Crippen LogP contribution in [0.4, 0.5) is 0 Å². The molecule has 1 fully saturated rings. The van der Waals surface area contributed by atoms with Crippen molar-refractivity contribution < 1.29 is 14.6 Å². The molecule has 0 amide bonds. The highest BCUT2D eigenvalue weighted by Crippen LogP contribution is 2.30. The molecule has 1 aromatic heterocycles. The van der Waals surface area contributed by atoms with Crippen LogP contribution in [0.1, 0.15) is 11.8 Å². The highest BCUT2D eigenvalue weighted by Gasteiger charge is 2.44. The van der Waals surface area contributed by atoms with E-state index in [0.717, 1.165) is 16.2 Å². The van der Waals surface area contributed by atoms with Crippen LogP contribution in [-0.2, 0) is 16.1 Å². The predicted octanol–water partition coefficient (Wildman–Crippen LogP) is 0.691. The van der Waals surface area contributed by atoms with Crippen molar-refractivity contribution in [3.63, 3.8) is 0 Å². The standard InChI is InChI=1S/C16H17N5O5/c17-20-19-13-11(9-25-8-10-4-2-1-3-5-10)26-15(14(13)23)21-7-6-12(22)18-16(21)24/h1-7,11,13-15,23H,8-9H2,(H,18,22,24)/t11-,13-,14-,15-/m1/s1. The van der Waals surface area contributed by atoms with Crippen LogP contribution in [0, 0.1) is 0 Å². The molecule has 2 aromatic rings. The Kier molecular flexibility index (Phi) is 5.49. The van der Waals surface area contributed by atoms with E-state index >= 15 is 0 Å². The maximum atomic E-state index is 11.9. The number of hydrogen-bond donors (Lipinski definition) is 2. The molecule has 0 unspecified atom stereocenters. The SMILES string of the molecule is [N-]=[N+]=N[C@H]1[C@@H](O)[C@H](n2ccc(=O)[nH]c2=O)O[C@@H]1COCc1ccccc1. The van der Waals surface area contributed by atoms with Crippen LogP contribution >= 0.6 is 0 Å². The zero-order valence-corrected chi connectivity index (χ0v) is 13.6. The third kappa shape index (κ3) is 3.84. The summed E-state index contributed by atoms with van der Waals surface area (Å²) >= 11 is 0. The van der Waals surface area contributed by atoms with E-state index in [1.807, 2.05) is 30.3 Å². The van der Waals surface area contributed by atoms with Crippen molar-refractivity contribution in [1.82, 2.24) is 9.55 Å². The summed E-state index contributed by atoms with van der Waals surface area (Å²) in [6.45, 7) is 0.382. The highest BCUT2D eigenvalue weighted by atomic mass is 16.6. The number of azide groups is 1. The molecule has 136 valence electrons. The lowest BCUT2D eigenvalue weighted by atomic mass is 10.1. The molecule has 2 heterocycles. The van der Waals surface area contributed by atoms with Gasteiger partial charge < -0.3 is 14.6 Å². The molecule has 0 bridgehead atoms. The summed E-state index contributed by atoms with van der Waals surface area (Å²) in [4.78, 5) is 27.9. The smallest absolute Gasteiger partial charge is 0.330 e. The van der Waals surface area contributed by atoms with Crippen LogP contribution in [0.2, 0.25) is 0 Å². The van der Waals surface area contributed by atoms with Crippen molar-refractivity contribution in [2.45, 2.75) is 31.1 Å². The number of benzene rings is 1. The Bertz CT molecular complexity index is 905. The first-order valence-electron chi connectivity index (χ1n) is 7.91. The second-order valence-electron chi connectivity index (χ2n) is 5.77. The van der Waals surface area contributed by atoms with E-state index in [1.54, 1.807) is 0 Å². The number of ether oxygens (including phenoxy) is 2. The Balaban J connectivity index is 1.73. The summed E-state index contributed by atoms with van der Waals surface area (Å²) in [5.41, 5.74) is 8.41. The first-order valence-corrected chi connectivity index (χ1v) is 7.91. The van der Waals surface area contributed by atoms with Gasteiger partial charge in [-0.05, 0) is 11.1 Å². The molecular formula is C16H17N5O5. The Morgan fingerprint density at radius 2 is 2.08 bits per heavy atom. The first-order chi connectivity index (χ1) is 12.6. The second-order valence-corrected chi connectivity index (χ2v) is 5.77. The van der Waals surface area contributed by atoms with Gasteiger partial charge >= 0.3 is 5.69 Å². The maximum absolute atomic E-state index is 11.9. The van der Waals surface area contributed by atoms with Crippen LogP contribution in [0.25, 0.3) is 10.4 Å². The number of aliphatic hydroxyl groups excluding tert-OH is 1. The number of rotatable bonds is 6. The Morgan fingerprint density at radius 1 is 1.31 bits per heavy atom. The van der Waals surface area contributed by atoms with E-state index < -0.39 is 35.7 Å². The molecule has 0 saturated carbocycles. The van der Waals surface area contributed by atoms with Crippen molar-refractivity contribution in [3.8, 4) is 0 Å². The van der Waals surface area contributed by atoms with Gasteiger partial charge in [0.15, 0.2) is 6.23 Å². The lowest BCUT2D eigenvalue weighted by Gasteiger charge is -2.17. The third-order valence-corrected chi connectivity index (χ3v) is 4.04. The van der Waals surface area contributed by atoms with Crippen LogP contribution in [-0.4, -0.2) is 39.5 Å². The van der Waals surface area contributed by atoms with Crippen molar-refractivity contribution >= 4 is 0 Å². The molecule has 0 spiro atoms. The fourth-order valence-electron chi connectivity index (χ4n) is 2.79. The van der Waals surface area contributed by atoms with E-state index in [9.17, 15) is 14.7 Å². The van der Waals surface area contributed by atoms with Gasteiger partial charge in [0.1, 0.15) is 6.10 Å². The molecule has 0 radical (unpaired) electrons. The summed E-state index contributed by atoms with van der Waals surface area (Å²) < 4.78 is 12.3. The number of aliphatic hydroxyl groups is 1. The van der Waals surface area contributed by atoms with E-state index in [2.05, 4.69) is 15.0 Å².